The van der Waals surface area contributed by atoms with Crippen LogP contribution in [0.15, 0.2) is 42.5 Å². The smallest absolute Gasteiger partial charge is 0.311 e. The minimum atomic E-state index is -0.943. The summed E-state index contributed by atoms with van der Waals surface area (Å²) in [6, 6.07) is 11.2. The van der Waals surface area contributed by atoms with Gasteiger partial charge in [0.2, 0.25) is 0 Å². The van der Waals surface area contributed by atoms with E-state index in [2.05, 4.69) is 0 Å². The molecule has 1 unspecified atom stereocenters. The van der Waals surface area contributed by atoms with Crippen LogP contribution in [0.2, 0.25) is 5.02 Å². The van der Waals surface area contributed by atoms with Gasteiger partial charge in [-0.1, -0.05) is 24.9 Å². The van der Waals surface area contributed by atoms with Crippen LogP contribution in [0.3, 0.4) is 0 Å². The lowest BCUT2D eigenvalue weighted by molar-refractivity contribution is -0.139. The third-order valence-corrected chi connectivity index (χ3v) is 5.01. The van der Waals surface area contributed by atoms with E-state index in [1.807, 2.05) is 6.92 Å². The molecule has 2 aromatic carbocycles. The van der Waals surface area contributed by atoms with E-state index in [-0.39, 0.29) is 11.7 Å². The Hall–Kier alpha value is -2.79. The summed E-state index contributed by atoms with van der Waals surface area (Å²) in [6.45, 7) is 3.66. The van der Waals surface area contributed by atoms with Gasteiger partial charge in [0.1, 0.15) is 5.75 Å². The molecule has 0 spiro atoms. The molecule has 1 aromatic heterocycles. The average Bonchev–Trinajstić information content (AvgIpc) is 2.90. The number of carbonyl (C=O) groups excluding carboxylic acids is 1. The normalized spacial score (nSPS) is 12.3. The summed E-state index contributed by atoms with van der Waals surface area (Å²) in [5.41, 5.74) is 2.15. The Kier molecular flexibility index (Phi) is 5.24. The van der Waals surface area contributed by atoms with E-state index in [1.54, 1.807) is 37.3 Å². The molecule has 3 aromatic rings. The van der Waals surface area contributed by atoms with Crippen LogP contribution < -0.4 is 0 Å². The Labute approximate surface area is 161 Å². The van der Waals surface area contributed by atoms with Gasteiger partial charge >= 0.3 is 5.97 Å². The molecule has 0 saturated carbocycles. The first-order chi connectivity index (χ1) is 12.8. The molecule has 0 radical (unpaired) electrons. The lowest BCUT2D eigenvalue weighted by Crippen LogP contribution is -2.16. The zero-order valence-electron chi connectivity index (χ0n) is 15.1. The summed E-state index contributed by atoms with van der Waals surface area (Å²) in [4.78, 5) is 25.0. The molecule has 0 aliphatic carbocycles. The van der Waals surface area contributed by atoms with Crippen LogP contribution in [0.5, 0.6) is 5.75 Å². The number of hydrogen-bond acceptors (Lipinski definition) is 3. The molecule has 1 heterocycles. The van der Waals surface area contributed by atoms with Crippen LogP contribution in [0.25, 0.3) is 10.9 Å². The predicted molar refractivity (Wildman–Crippen MR) is 105 cm³/mol. The SMILES string of the molecule is CCCC(C(=O)O)c1c(C)n(C(=O)c2ccc(Cl)cc2)c2ccc(O)cc12. The van der Waals surface area contributed by atoms with E-state index in [9.17, 15) is 19.8 Å². The number of aromatic nitrogens is 1. The van der Waals surface area contributed by atoms with Gasteiger partial charge in [0, 0.05) is 21.7 Å². The van der Waals surface area contributed by atoms with Crippen molar-refractivity contribution in [3.8, 4) is 5.75 Å². The van der Waals surface area contributed by atoms with Gasteiger partial charge in [0.15, 0.2) is 0 Å². The van der Waals surface area contributed by atoms with Crippen molar-refractivity contribution in [3.63, 3.8) is 0 Å². The molecule has 0 saturated heterocycles. The highest BCUT2D eigenvalue weighted by molar-refractivity contribution is 6.30. The van der Waals surface area contributed by atoms with Crippen LogP contribution in [-0.4, -0.2) is 26.7 Å². The topological polar surface area (TPSA) is 79.5 Å². The van der Waals surface area contributed by atoms with Gasteiger partial charge in [0.05, 0.1) is 11.4 Å². The lowest BCUT2D eigenvalue weighted by atomic mass is 9.92. The molecule has 6 heteroatoms. The van der Waals surface area contributed by atoms with Crippen molar-refractivity contribution in [1.29, 1.82) is 0 Å². The molecule has 3 rings (SSSR count). The maximum atomic E-state index is 13.2. The predicted octanol–water partition coefficient (Wildman–Crippen LogP) is 4.97. The van der Waals surface area contributed by atoms with E-state index in [4.69, 9.17) is 11.6 Å². The monoisotopic (exact) mass is 385 g/mol. The number of hydrogen-bond donors (Lipinski definition) is 2. The van der Waals surface area contributed by atoms with Crippen LogP contribution in [0.4, 0.5) is 0 Å². The summed E-state index contributed by atoms with van der Waals surface area (Å²) < 4.78 is 1.51. The van der Waals surface area contributed by atoms with E-state index in [1.165, 1.54) is 16.7 Å². The minimum Gasteiger partial charge on any atom is -0.508 e. The maximum absolute atomic E-state index is 13.2. The number of fused-ring (bicyclic) bond motifs is 1. The lowest BCUT2D eigenvalue weighted by Gasteiger charge is -2.13. The standard InChI is InChI=1S/C21H20ClNO4/c1-3-4-16(21(26)27)19-12(2)23(18-10-9-15(24)11-17(18)19)20(25)13-5-7-14(22)8-6-13/h5-11,16,24H,3-4H2,1-2H3,(H,26,27). The van der Waals surface area contributed by atoms with Gasteiger partial charge in [-0.25, -0.2) is 0 Å². The van der Waals surface area contributed by atoms with Crippen molar-refractivity contribution in [3.05, 3.63) is 64.3 Å². The number of halogens is 1. The van der Waals surface area contributed by atoms with Crippen molar-refractivity contribution in [2.45, 2.75) is 32.6 Å². The van der Waals surface area contributed by atoms with Gasteiger partial charge in [-0.15, -0.1) is 0 Å². The Morgan fingerprint density at radius 1 is 1.15 bits per heavy atom. The molecule has 2 N–H and O–H groups in total. The number of carboxylic acids is 1. The Bertz CT molecular complexity index is 1020. The van der Waals surface area contributed by atoms with E-state index < -0.39 is 11.9 Å². The maximum Gasteiger partial charge on any atom is 0.311 e. The second kappa shape index (κ2) is 7.45. The first-order valence-electron chi connectivity index (χ1n) is 8.72. The first kappa shape index (κ1) is 19.0. The van der Waals surface area contributed by atoms with Gasteiger partial charge < -0.3 is 10.2 Å². The van der Waals surface area contributed by atoms with E-state index >= 15 is 0 Å². The van der Waals surface area contributed by atoms with Gasteiger partial charge in [-0.3, -0.25) is 14.2 Å². The number of nitrogens with zero attached hydrogens (tertiary/aromatic N) is 1. The molecule has 0 bridgehead atoms. The molecule has 0 amide bonds. The number of carbonyl (C=O) groups is 2. The molecule has 0 aliphatic rings. The number of carboxylic acid groups (broad SMARTS) is 1. The van der Waals surface area contributed by atoms with Crippen molar-refractivity contribution in [2.75, 3.05) is 0 Å². The Morgan fingerprint density at radius 2 is 1.81 bits per heavy atom. The van der Waals surface area contributed by atoms with Crippen molar-refractivity contribution >= 4 is 34.4 Å². The third-order valence-electron chi connectivity index (χ3n) is 4.75. The van der Waals surface area contributed by atoms with E-state index in [0.717, 1.165) is 0 Å². The first-order valence-corrected chi connectivity index (χ1v) is 9.10. The average molecular weight is 386 g/mol. The summed E-state index contributed by atoms with van der Waals surface area (Å²) in [7, 11) is 0. The van der Waals surface area contributed by atoms with Gasteiger partial charge in [-0.05, 0) is 61.4 Å². The van der Waals surface area contributed by atoms with Crippen molar-refractivity contribution in [2.24, 2.45) is 0 Å². The molecule has 1 atom stereocenters. The number of aliphatic carboxylic acids is 1. The fourth-order valence-electron chi connectivity index (χ4n) is 3.53. The van der Waals surface area contributed by atoms with Crippen LogP contribution in [0.1, 0.15) is 47.3 Å². The Morgan fingerprint density at radius 3 is 2.41 bits per heavy atom. The Balaban J connectivity index is 2.27. The fourth-order valence-corrected chi connectivity index (χ4v) is 3.66. The summed E-state index contributed by atoms with van der Waals surface area (Å²) in [6.07, 6.45) is 1.13. The largest absolute Gasteiger partial charge is 0.508 e. The second-order valence-electron chi connectivity index (χ2n) is 6.53. The molecule has 27 heavy (non-hydrogen) atoms. The summed E-state index contributed by atoms with van der Waals surface area (Å²) in [5, 5.41) is 20.8. The number of phenolic OH excluding ortho intramolecular Hbond substituents is 1. The fraction of sp³-hybridized carbons (Fsp3) is 0.238. The number of phenols is 1. The minimum absolute atomic E-state index is 0.0282. The molecular weight excluding hydrogens is 366 g/mol. The van der Waals surface area contributed by atoms with Crippen molar-refractivity contribution in [1.82, 2.24) is 4.57 Å². The summed E-state index contributed by atoms with van der Waals surface area (Å²) >= 11 is 5.91. The van der Waals surface area contributed by atoms with Crippen molar-refractivity contribution < 1.29 is 19.8 Å². The molecule has 0 aliphatic heterocycles. The summed E-state index contributed by atoms with van der Waals surface area (Å²) in [5.74, 6) is -1.94. The number of rotatable bonds is 5. The number of benzene rings is 2. The highest BCUT2D eigenvalue weighted by atomic mass is 35.5. The van der Waals surface area contributed by atoms with Crippen LogP contribution in [-0.2, 0) is 4.79 Å². The van der Waals surface area contributed by atoms with Gasteiger partial charge in [-0.2, -0.15) is 0 Å². The molecule has 140 valence electrons. The zero-order chi connectivity index (χ0) is 19.7. The zero-order valence-corrected chi connectivity index (χ0v) is 15.8. The van der Waals surface area contributed by atoms with Crippen LogP contribution >= 0.6 is 11.6 Å². The second-order valence-corrected chi connectivity index (χ2v) is 6.96. The molecular formula is C21H20ClNO4. The highest BCUT2D eigenvalue weighted by Gasteiger charge is 2.29. The highest BCUT2D eigenvalue weighted by Crippen LogP contribution is 2.36. The van der Waals surface area contributed by atoms with E-state index in [0.29, 0.717) is 45.6 Å². The molecule has 0 fully saturated rings. The number of aromatic hydroxyl groups is 1. The van der Waals surface area contributed by atoms with Gasteiger partial charge in [0.25, 0.3) is 5.91 Å². The third kappa shape index (κ3) is 3.43. The van der Waals surface area contributed by atoms with Crippen LogP contribution in [0, 0.1) is 6.92 Å². The molecule has 5 nitrogen and oxygen atoms in total. The quantitative estimate of drug-likeness (QED) is 0.650.